The molecule has 0 heterocycles. The SMILES string of the molecule is Cc1cc(C(=O)c2ccc(F)c(N)c2)c(Cl)cc1F. The van der Waals surface area contributed by atoms with Gasteiger partial charge in [0.1, 0.15) is 11.6 Å². The Balaban J connectivity index is 2.49. The van der Waals surface area contributed by atoms with Crippen molar-refractivity contribution >= 4 is 23.1 Å². The van der Waals surface area contributed by atoms with Crippen molar-refractivity contribution < 1.29 is 13.6 Å². The number of hydrogen-bond donors (Lipinski definition) is 1. The van der Waals surface area contributed by atoms with E-state index < -0.39 is 17.4 Å². The average Bonchev–Trinajstić information content (AvgIpc) is 2.36. The maximum absolute atomic E-state index is 13.3. The molecule has 2 aromatic rings. The lowest BCUT2D eigenvalue weighted by Crippen LogP contribution is -2.05. The van der Waals surface area contributed by atoms with E-state index in [1.165, 1.54) is 25.1 Å². The van der Waals surface area contributed by atoms with Crippen molar-refractivity contribution in [1.29, 1.82) is 0 Å². The van der Waals surface area contributed by atoms with Crippen LogP contribution in [0.5, 0.6) is 0 Å². The van der Waals surface area contributed by atoms with Crippen molar-refractivity contribution in [1.82, 2.24) is 0 Å². The van der Waals surface area contributed by atoms with Gasteiger partial charge in [0.05, 0.1) is 10.7 Å². The zero-order valence-corrected chi connectivity index (χ0v) is 10.8. The van der Waals surface area contributed by atoms with Crippen LogP contribution in [-0.2, 0) is 0 Å². The topological polar surface area (TPSA) is 43.1 Å². The Kier molecular flexibility index (Phi) is 3.53. The van der Waals surface area contributed by atoms with E-state index in [1.807, 2.05) is 0 Å². The van der Waals surface area contributed by atoms with E-state index in [2.05, 4.69) is 0 Å². The molecule has 0 spiro atoms. The Morgan fingerprint density at radius 3 is 2.47 bits per heavy atom. The van der Waals surface area contributed by atoms with Crippen LogP contribution in [0.15, 0.2) is 30.3 Å². The van der Waals surface area contributed by atoms with Gasteiger partial charge in [-0.1, -0.05) is 11.6 Å². The molecule has 2 aromatic carbocycles. The number of anilines is 1. The summed E-state index contributed by atoms with van der Waals surface area (Å²) in [7, 11) is 0. The highest BCUT2D eigenvalue weighted by atomic mass is 35.5. The second-order valence-electron chi connectivity index (χ2n) is 4.15. The lowest BCUT2D eigenvalue weighted by Gasteiger charge is -2.07. The molecule has 0 radical (unpaired) electrons. The number of aryl methyl sites for hydroxylation is 1. The van der Waals surface area contributed by atoms with Crippen molar-refractivity contribution in [2.75, 3.05) is 5.73 Å². The number of carbonyl (C=O) groups excluding carboxylic acids is 1. The zero-order valence-electron chi connectivity index (χ0n) is 10.0. The Labute approximate surface area is 113 Å². The van der Waals surface area contributed by atoms with Crippen LogP contribution in [0, 0.1) is 18.6 Å². The molecule has 98 valence electrons. The van der Waals surface area contributed by atoms with Crippen LogP contribution in [0.2, 0.25) is 5.02 Å². The Morgan fingerprint density at radius 2 is 1.84 bits per heavy atom. The first kappa shape index (κ1) is 13.5. The third kappa shape index (κ3) is 2.58. The predicted molar refractivity (Wildman–Crippen MR) is 70.4 cm³/mol. The van der Waals surface area contributed by atoms with Crippen molar-refractivity contribution in [3.63, 3.8) is 0 Å². The largest absolute Gasteiger partial charge is 0.396 e. The van der Waals surface area contributed by atoms with Crippen LogP contribution in [-0.4, -0.2) is 5.78 Å². The number of nitrogen functional groups attached to an aromatic ring is 1. The minimum absolute atomic E-state index is 0.0102. The van der Waals surface area contributed by atoms with Gasteiger partial charge in [0, 0.05) is 11.1 Å². The smallest absolute Gasteiger partial charge is 0.194 e. The summed E-state index contributed by atoms with van der Waals surface area (Å²) in [5, 5.41) is 0.0102. The highest BCUT2D eigenvalue weighted by Crippen LogP contribution is 2.24. The summed E-state index contributed by atoms with van der Waals surface area (Å²) < 4.78 is 26.3. The van der Waals surface area contributed by atoms with E-state index in [-0.39, 0.29) is 21.8 Å². The maximum atomic E-state index is 13.3. The predicted octanol–water partition coefficient (Wildman–Crippen LogP) is 3.74. The molecule has 0 aliphatic rings. The van der Waals surface area contributed by atoms with Gasteiger partial charge in [0.25, 0.3) is 0 Å². The van der Waals surface area contributed by atoms with Gasteiger partial charge in [0.15, 0.2) is 5.78 Å². The summed E-state index contributed by atoms with van der Waals surface area (Å²) in [5.74, 6) is -1.52. The molecular formula is C14H10ClF2NO. The second-order valence-corrected chi connectivity index (χ2v) is 4.55. The lowest BCUT2D eigenvalue weighted by atomic mass is 10.0. The van der Waals surface area contributed by atoms with E-state index in [0.29, 0.717) is 5.56 Å². The van der Waals surface area contributed by atoms with Crippen LogP contribution in [0.3, 0.4) is 0 Å². The molecule has 0 aliphatic heterocycles. The molecule has 19 heavy (non-hydrogen) atoms. The summed E-state index contributed by atoms with van der Waals surface area (Å²) in [6.07, 6.45) is 0. The van der Waals surface area contributed by atoms with Crippen molar-refractivity contribution in [3.05, 3.63) is 63.7 Å². The summed E-state index contributed by atoms with van der Waals surface area (Å²) >= 11 is 5.85. The molecule has 0 unspecified atom stereocenters. The molecule has 2 N–H and O–H groups in total. The summed E-state index contributed by atoms with van der Waals surface area (Å²) in [6, 6.07) is 6.08. The summed E-state index contributed by atoms with van der Waals surface area (Å²) in [6.45, 7) is 1.53. The monoisotopic (exact) mass is 281 g/mol. The van der Waals surface area contributed by atoms with Crippen molar-refractivity contribution in [2.45, 2.75) is 6.92 Å². The molecule has 0 aliphatic carbocycles. The van der Waals surface area contributed by atoms with Crippen LogP contribution in [0.25, 0.3) is 0 Å². The molecular weight excluding hydrogens is 272 g/mol. The van der Waals surface area contributed by atoms with Gasteiger partial charge in [0.2, 0.25) is 0 Å². The number of nitrogens with two attached hydrogens (primary N) is 1. The van der Waals surface area contributed by atoms with Gasteiger partial charge in [-0.2, -0.15) is 0 Å². The fourth-order valence-electron chi connectivity index (χ4n) is 1.67. The quantitative estimate of drug-likeness (QED) is 0.673. The molecule has 2 nitrogen and oxygen atoms in total. The fraction of sp³-hybridized carbons (Fsp3) is 0.0714. The number of benzene rings is 2. The molecule has 0 amide bonds. The molecule has 5 heteroatoms. The Bertz CT molecular complexity index is 671. The Morgan fingerprint density at radius 1 is 1.16 bits per heavy atom. The van der Waals surface area contributed by atoms with Gasteiger partial charge in [-0.3, -0.25) is 4.79 Å². The van der Waals surface area contributed by atoms with Crippen LogP contribution in [0.1, 0.15) is 21.5 Å². The average molecular weight is 282 g/mol. The fourth-order valence-corrected chi connectivity index (χ4v) is 1.91. The molecule has 0 saturated heterocycles. The number of carbonyl (C=O) groups is 1. The van der Waals surface area contributed by atoms with Crippen LogP contribution < -0.4 is 5.73 Å². The van der Waals surface area contributed by atoms with Gasteiger partial charge < -0.3 is 5.73 Å². The van der Waals surface area contributed by atoms with Crippen molar-refractivity contribution in [2.24, 2.45) is 0 Å². The highest BCUT2D eigenvalue weighted by Gasteiger charge is 2.16. The highest BCUT2D eigenvalue weighted by molar-refractivity contribution is 6.35. The lowest BCUT2D eigenvalue weighted by molar-refractivity contribution is 0.103. The van der Waals surface area contributed by atoms with E-state index in [0.717, 1.165) is 12.1 Å². The first-order valence-corrected chi connectivity index (χ1v) is 5.83. The van der Waals surface area contributed by atoms with Gasteiger partial charge >= 0.3 is 0 Å². The third-order valence-electron chi connectivity index (χ3n) is 2.75. The van der Waals surface area contributed by atoms with Crippen molar-refractivity contribution in [3.8, 4) is 0 Å². The second kappa shape index (κ2) is 4.97. The maximum Gasteiger partial charge on any atom is 0.194 e. The number of ketones is 1. The van der Waals surface area contributed by atoms with Crippen LogP contribution >= 0.6 is 11.6 Å². The minimum atomic E-state index is -0.599. The molecule has 0 bridgehead atoms. The van der Waals surface area contributed by atoms with Gasteiger partial charge in [-0.25, -0.2) is 8.78 Å². The number of halogens is 3. The molecule has 0 aromatic heterocycles. The van der Waals surface area contributed by atoms with E-state index >= 15 is 0 Å². The Hall–Kier alpha value is -1.94. The van der Waals surface area contributed by atoms with E-state index in [9.17, 15) is 13.6 Å². The zero-order chi connectivity index (χ0) is 14.2. The van der Waals surface area contributed by atoms with E-state index in [4.69, 9.17) is 17.3 Å². The standard InChI is InChI=1S/C14H10ClF2NO/c1-7-4-9(10(15)6-12(7)17)14(19)8-2-3-11(16)13(18)5-8/h2-6H,18H2,1H3. The third-order valence-corrected chi connectivity index (χ3v) is 3.06. The molecule has 0 saturated carbocycles. The van der Waals surface area contributed by atoms with Gasteiger partial charge in [-0.15, -0.1) is 0 Å². The first-order valence-electron chi connectivity index (χ1n) is 5.45. The molecule has 0 atom stereocenters. The normalized spacial score (nSPS) is 10.5. The molecule has 0 fully saturated rings. The molecule has 2 rings (SSSR count). The number of hydrogen-bond acceptors (Lipinski definition) is 2. The number of rotatable bonds is 2. The van der Waals surface area contributed by atoms with Gasteiger partial charge in [-0.05, 0) is 42.8 Å². The minimum Gasteiger partial charge on any atom is -0.396 e. The first-order chi connectivity index (χ1) is 8.90. The van der Waals surface area contributed by atoms with E-state index in [1.54, 1.807) is 0 Å². The summed E-state index contributed by atoms with van der Waals surface area (Å²) in [5.41, 5.74) is 5.95. The summed E-state index contributed by atoms with van der Waals surface area (Å²) in [4.78, 5) is 12.2. The van der Waals surface area contributed by atoms with Crippen LogP contribution in [0.4, 0.5) is 14.5 Å².